The van der Waals surface area contributed by atoms with Gasteiger partial charge in [-0.05, 0) is 0 Å². The van der Waals surface area contributed by atoms with Crippen LogP contribution in [0.15, 0.2) is 23.9 Å². The Labute approximate surface area is 130 Å². The standard InChI is InChI=1S/C6H8O6.C4H5O2.Na/c7-1-2(8)5-3(9)4(10)6(11)12-5;5-4-1-2-6-3-4;/h2,5,7-10H,1H2;1-2,4H,3H2;/q;-1;+1/t2-,5+;;/m0../s1. The maximum atomic E-state index is 10.5. The van der Waals surface area contributed by atoms with Gasteiger partial charge in [0.15, 0.2) is 11.9 Å². The number of carbonyl (C=O) groups is 1. The van der Waals surface area contributed by atoms with Crippen LogP contribution in [-0.4, -0.2) is 57.9 Å². The molecule has 0 saturated carbocycles. The summed E-state index contributed by atoms with van der Waals surface area (Å²) in [7, 11) is 0. The van der Waals surface area contributed by atoms with Crippen LogP contribution in [0.4, 0.5) is 0 Å². The summed E-state index contributed by atoms with van der Waals surface area (Å²) in [5.74, 6) is -2.78. The molecule has 0 aromatic heterocycles. The summed E-state index contributed by atoms with van der Waals surface area (Å²) in [6, 6.07) is 0. The molecule has 3 atom stereocenters. The van der Waals surface area contributed by atoms with E-state index in [0.717, 1.165) is 0 Å². The third kappa shape index (κ3) is 5.01. The molecule has 2 aliphatic heterocycles. The second kappa shape index (κ2) is 8.41. The Hall–Kier alpha value is -0.770. The molecule has 9 heteroatoms. The van der Waals surface area contributed by atoms with Crippen LogP contribution >= 0.6 is 0 Å². The Morgan fingerprint density at radius 2 is 2.11 bits per heavy atom. The minimum atomic E-state index is -1.42. The average Bonchev–Trinajstić information content (AvgIpc) is 2.92. The fourth-order valence-electron chi connectivity index (χ4n) is 1.17. The van der Waals surface area contributed by atoms with Crippen LogP contribution in [0, 0.1) is 0 Å². The van der Waals surface area contributed by atoms with Crippen LogP contribution in [0.25, 0.3) is 0 Å². The van der Waals surface area contributed by atoms with Gasteiger partial charge in [0.2, 0.25) is 5.76 Å². The van der Waals surface area contributed by atoms with Gasteiger partial charge in [-0.3, -0.25) is 0 Å². The normalized spacial score (nSPS) is 25.9. The molecule has 102 valence electrons. The van der Waals surface area contributed by atoms with Crippen molar-refractivity contribution in [2.24, 2.45) is 0 Å². The minimum Gasteiger partial charge on any atom is -0.846 e. The van der Waals surface area contributed by atoms with Crippen molar-refractivity contribution in [3.63, 3.8) is 0 Å². The molecule has 19 heavy (non-hydrogen) atoms. The van der Waals surface area contributed by atoms with Gasteiger partial charge in [0.25, 0.3) is 0 Å². The van der Waals surface area contributed by atoms with Crippen LogP contribution in [0.1, 0.15) is 0 Å². The predicted molar refractivity (Wildman–Crippen MR) is 54.1 cm³/mol. The smallest absolute Gasteiger partial charge is 0.846 e. The van der Waals surface area contributed by atoms with E-state index in [-0.39, 0.29) is 29.6 Å². The molecule has 0 saturated heterocycles. The predicted octanol–water partition coefficient (Wildman–Crippen LogP) is -5.14. The molecule has 0 bridgehead atoms. The van der Waals surface area contributed by atoms with Gasteiger partial charge in [0.1, 0.15) is 6.10 Å². The first-order valence-electron chi connectivity index (χ1n) is 5.03. The molecule has 8 nitrogen and oxygen atoms in total. The van der Waals surface area contributed by atoms with Crippen molar-refractivity contribution < 1.29 is 69.4 Å². The number of hydrogen-bond acceptors (Lipinski definition) is 8. The molecule has 4 N–H and O–H groups in total. The summed E-state index contributed by atoms with van der Waals surface area (Å²) in [5.41, 5.74) is 0. The van der Waals surface area contributed by atoms with E-state index in [1.807, 2.05) is 0 Å². The Balaban J connectivity index is 0.000000392. The Morgan fingerprint density at radius 1 is 1.47 bits per heavy atom. The third-order valence-electron chi connectivity index (χ3n) is 2.13. The van der Waals surface area contributed by atoms with Crippen molar-refractivity contribution >= 4 is 5.97 Å². The number of rotatable bonds is 2. The summed E-state index contributed by atoms with van der Waals surface area (Å²) in [5, 5.41) is 45.2. The van der Waals surface area contributed by atoms with Crippen LogP contribution in [0.2, 0.25) is 0 Å². The Kier molecular flexibility index (Phi) is 8.07. The first-order valence-corrected chi connectivity index (χ1v) is 5.03. The fourth-order valence-corrected chi connectivity index (χ4v) is 1.17. The first kappa shape index (κ1) is 18.2. The number of esters is 1. The number of hydrogen-bond donors (Lipinski definition) is 4. The number of aliphatic hydroxyl groups is 4. The zero-order valence-corrected chi connectivity index (χ0v) is 12.2. The molecule has 0 spiro atoms. The number of ether oxygens (including phenoxy) is 2. The molecule has 0 radical (unpaired) electrons. The summed E-state index contributed by atoms with van der Waals surface area (Å²) in [6.07, 6.45) is -0.441. The first-order chi connectivity index (χ1) is 8.47. The topological polar surface area (TPSA) is 140 Å². The number of carbonyl (C=O) groups excluding carboxylic acids is 1. The summed E-state index contributed by atoms with van der Waals surface area (Å²) < 4.78 is 8.88. The van der Waals surface area contributed by atoms with Crippen LogP contribution < -0.4 is 34.7 Å². The number of cyclic esters (lactones) is 1. The van der Waals surface area contributed by atoms with Crippen molar-refractivity contribution in [1.29, 1.82) is 0 Å². The summed E-state index contributed by atoms with van der Waals surface area (Å²) >= 11 is 0. The van der Waals surface area contributed by atoms with E-state index in [1.54, 1.807) is 0 Å². The van der Waals surface area contributed by atoms with Crippen LogP contribution in [0.5, 0.6) is 0 Å². The van der Waals surface area contributed by atoms with Gasteiger partial charge in [-0.2, -0.15) is 0 Å². The van der Waals surface area contributed by atoms with Gasteiger partial charge < -0.3 is 35.0 Å². The van der Waals surface area contributed by atoms with Gasteiger partial charge >= 0.3 is 35.5 Å². The summed E-state index contributed by atoms with van der Waals surface area (Å²) in [6.45, 7) is -0.352. The maximum absolute atomic E-state index is 10.5. The second-order valence-corrected chi connectivity index (χ2v) is 3.51. The van der Waals surface area contributed by atoms with E-state index in [2.05, 4.69) is 9.47 Å². The molecule has 2 rings (SSSR count). The van der Waals surface area contributed by atoms with Crippen LogP contribution in [0.3, 0.4) is 0 Å². The van der Waals surface area contributed by atoms with E-state index < -0.39 is 42.4 Å². The van der Waals surface area contributed by atoms with E-state index in [9.17, 15) is 9.90 Å². The minimum absolute atomic E-state index is 0. The molecule has 0 amide bonds. The van der Waals surface area contributed by atoms with E-state index >= 15 is 0 Å². The Morgan fingerprint density at radius 3 is 2.37 bits per heavy atom. The quantitative estimate of drug-likeness (QED) is 0.291. The zero-order chi connectivity index (χ0) is 13.7. The largest absolute Gasteiger partial charge is 1.00 e. The second-order valence-electron chi connectivity index (χ2n) is 3.51. The molecular formula is C10H13NaO8. The van der Waals surface area contributed by atoms with Crippen molar-refractivity contribution in [2.75, 3.05) is 13.2 Å². The van der Waals surface area contributed by atoms with Crippen molar-refractivity contribution in [1.82, 2.24) is 0 Å². The fraction of sp³-hybridized carbons (Fsp3) is 0.500. The monoisotopic (exact) mass is 284 g/mol. The van der Waals surface area contributed by atoms with Gasteiger partial charge in [0.05, 0.1) is 19.5 Å². The molecule has 1 unspecified atom stereocenters. The molecule has 0 aromatic rings. The number of aliphatic hydroxyl groups excluding tert-OH is 4. The zero-order valence-electron chi connectivity index (χ0n) is 10.2. The maximum Gasteiger partial charge on any atom is 1.00 e. The third-order valence-corrected chi connectivity index (χ3v) is 2.13. The molecular weight excluding hydrogens is 271 g/mol. The Bertz CT molecular complexity index is 367. The van der Waals surface area contributed by atoms with E-state index in [4.69, 9.17) is 20.4 Å². The van der Waals surface area contributed by atoms with Crippen molar-refractivity contribution in [3.8, 4) is 0 Å². The van der Waals surface area contributed by atoms with E-state index in [0.29, 0.717) is 6.61 Å². The molecule has 0 aliphatic carbocycles. The SMILES string of the molecule is O=C1O[C@H]([C@@H](O)CO)C(O)=C1O.[Na+].[O-]C1C=COC1. The van der Waals surface area contributed by atoms with E-state index in [1.165, 1.54) is 12.3 Å². The molecule has 0 fully saturated rings. The molecule has 2 aliphatic rings. The summed E-state index contributed by atoms with van der Waals surface area (Å²) in [4.78, 5) is 10.5. The van der Waals surface area contributed by atoms with Gasteiger partial charge in [-0.25, -0.2) is 4.79 Å². The van der Waals surface area contributed by atoms with Crippen molar-refractivity contribution in [2.45, 2.75) is 18.3 Å². The van der Waals surface area contributed by atoms with Gasteiger partial charge in [0, 0.05) is 0 Å². The molecule has 0 aromatic carbocycles. The van der Waals surface area contributed by atoms with Crippen molar-refractivity contribution in [3.05, 3.63) is 23.9 Å². The van der Waals surface area contributed by atoms with Gasteiger partial charge in [-0.15, -0.1) is 0 Å². The molecule has 2 heterocycles. The van der Waals surface area contributed by atoms with Crippen LogP contribution in [-0.2, 0) is 14.3 Å². The average molecular weight is 284 g/mol. The van der Waals surface area contributed by atoms with Gasteiger partial charge in [-0.1, -0.05) is 12.2 Å².